The van der Waals surface area contributed by atoms with E-state index < -0.39 is 6.10 Å². The van der Waals surface area contributed by atoms with Gasteiger partial charge >= 0.3 is 0 Å². The van der Waals surface area contributed by atoms with Gasteiger partial charge in [0.25, 0.3) is 0 Å². The zero-order valence-corrected chi connectivity index (χ0v) is 10.9. The van der Waals surface area contributed by atoms with Crippen LogP contribution in [0.3, 0.4) is 0 Å². The smallest absolute Gasteiger partial charge is 0.211 e. The van der Waals surface area contributed by atoms with Crippen LogP contribution in [0.1, 0.15) is 36.3 Å². The average molecular weight is 264 g/mol. The number of oxazole rings is 1. The second-order valence-electron chi connectivity index (χ2n) is 4.51. The lowest BCUT2D eigenvalue weighted by Gasteiger charge is -2.15. The third kappa shape index (κ3) is 3.62. The molecule has 1 aromatic heterocycles. The summed E-state index contributed by atoms with van der Waals surface area (Å²) in [6, 6.07) is 5.71. The first-order chi connectivity index (χ1) is 9.06. The van der Waals surface area contributed by atoms with Crippen molar-refractivity contribution in [2.45, 2.75) is 26.0 Å². The monoisotopic (exact) mass is 264 g/mol. The van der Waals surface area contributed by atoms with Gasteiger partial charge in [0.05, 0.1) is 18.3 Å². The summed E-state index contributed by atoms with van der Waals surface area (Å²) < 4.78 is 18.2. The van der Waals surface area contributed by atoms with Crippen molar-refractivity contribution in [3.8, 4) is 0 Å². The predicted octanol–water partition coefficient (Wildman–Crippen LogP) is 2.51. The van der Waals surface area contributed by atoms with E-state index in [-0.39, 0.29) is 11.9 Å². The van der Waals surface area contributed by atoms with Crippen LogP contribution in [0.4, 0.5) is 4.39 Å². The summed E-state index contributed by atoms with van der Waals surface area (Å²) in [6.45, 7) is 4.08. The average Bonchev–Trinajstić information content (AvgIpc) is 2.83. The van der Waals surface area contributed by atoms with Gasteiger partial charge in [0.2, 0.25) is 5.89 Å². The number of aryl methyl sites for hydroxylation is 1. The van der Waals surface area contributed by atoms with Crippen molar-refractivity contribution in [1.82, 2.24) is 10.3 Å². The third-order valence-electron chi connectivity index (χ3n) is 2.88. The Bertz CT molecular complexity index is 524. The first-order valence-corrected chi connectivity index (χ1v) is 6.15. The molecule has 1 heterocycles. The van der Waals surface area contributed by atoms with Gasteiger partial charge < -0.3 is 14.8 Å². The molecule has 2 aromatic rings. The second kappa shape index (κ2) is 5.95. The maximum absolute atomic E-state index is 12.8. The molecule has 0 amide bonds. The molecule has 2 N–H and O–H groups in total. The number of aliphatic hydroxyl groups excluding tert-OH is 1. The highest BCUT2D eigenvalue weighted by Crippen LogP contribution is 2.16. The highest BCUT2D eigenvalue weighted by atomic mass is 19.1. The normalized spacial score (nSPS) is 14.3. The molecule has 4 nitrogen and oxygen atoms in total. The van der Waals surface area contributed by atoms with Crippen LogP contribution in [0, 0.1) is 12.7 Å². The van der Waals surface area contributed by atoms with E-state index in [2.05, 4.69) is 10.3 Å². The molecule has 0 radical (unpaired) electrons. The third-order valence-corrected chi connectivity index (χ3v) is 2.88. The molecule has 0 aliphatic rings. The van der Waals surface area contributed by atoms with Crippen LogP contribution in [0.5, 0.6) is 0 Å². The van der Waals surface area contributed by atoms with E-state index in [4.69, 9.17) is 4.42 Å². The topological polar surface area (TPSA) is 58.3 Å². The number of aromatic nitrogens is 1. The Morgan fingerprint density at radius 1 is 1.37 bits per heavy atom. The van der Waals surface area contributed by atoms with Crippen molar-refractivity contribution in [2.24, 2.45) is 0 Å². The molecule has 0 spiro atoms. The molecule has 19 heavy (non-hydrogen) atoms. The van der Waals surface area contributed by atoms with Crippen LogP contribution in [0.15, 0.2) is 34.9 Å². The summed E-state index contributed by atoms with van der Waals surface area (Å²) in [5.41, 5.74) is 0.671. The van der Waals surface area contributed by atoms with Crippen molar-refractivity contribution in [2.75, 3.05) is 6.54 Å². The number of halogens is 1. The van der Waals surface area contributed by atoms with Gasteiger partial charge in [-0.2, -0.15) is 0 Å². The zero-order chi connectivity index (χ0) is 13.8. The molecule has 2 rings (SSSR count). The number of rotatable bonds is 5. The number of nitrogens with zero attached hydrogens (tertiary/aromatic N) is 1. The molecule has 2 unspecified atom stereocenters. The highest BCUT2D eigenvalue weighted by molar-refractivity contribution is 5.18. The summed E-state index contributed by atoms with van der Waals surface area (Å²) in [4.78, 5) is 4.12. The van der Waals surface area contributed by atoms with Crippen molar-refractivity contribution in [3.05, 3.63) is 53.5 Å². The van der Waals surface area contributed by atoms with Crippen LogP contribution < -0.4 is 5.32 Å². The van der Waals surface area contributed by atoms with E-state index in [9.17, 15) is 9.50 Å². The minimum atomic E-state index is -0.695. The summed E-state index contributed by atoms with van der Waals surface area (Å²) in [5, 5.41) is 13.1. The van der Waals surface area contributed by atoms with Gasteiger partial charge in [0.1, 0.15) is 11.6 Å². The summed E-state index contributed by atoms with van der Waals surface area (Å²) in [6.07, 6.45) is 0.961. The maximum Gasteiger partial charge on any atom is 0.211 e. The standard InChI is InChI=1S/C14H17FN2O2/c1-9-7-17-14(19-9)10(2)16-8-13(18)11-3-5-12(15)6-4-11/h3-7,10,13,16,18H,8H2,1-2H3. The van der Waals surface area contributed by atoms with E-state index in [1.54, 1.807) is 18.3 Å². The Morgan fingerprint density at radius 2 is 2.05 bits per heavy atom. The summed E-state index contributed by atoms with van der Waals surface area (Å²) in [5.74, 6) is 1.03. The fraction of sp³-hybridized carbons (Fsp3) is 0.357. The highest BCUT2D eigenvalue weighted by Gasteiger charge is 2.14. The van der Waals surface area contributed by atoms with Gasteiger partial charge in [-0.3, -0.25) is 0 Å². The van der Waals surface area contributed by atoms with Crippen molar-refractivity contribution >= 4 is 0 Å². The molecule has 0 fully saturated rings. The molecule has 1 aromatic carbocycles. The molecular weight excluding hydrogens is 247 g/mol. The summed E-state index contributed by atoms with van der Waals surface area (Å²) >= 11 is 0. The fourth-order valence-electron chi connectivity index (χ4n) is 1.75. The Morgan fingerprint density at radius 3 is 2.63 bits per heavy atom. The van der Waals surface area contributed by atoms with Gasteiger partial charge in [0.15, 0.2) is 0 Å². The van der Waals surface area contributed by atoms with Crippen molar-refractivity contribution < 1.29 is 13.9 Å². The molecule has 2 atom stereocenters. The van der Waals surface area contributed by atoms with Crippen LogP contribution in [-0.4, -0.2) is 16.6 Å². The number of hydrogen-bond donors (Lipinski definition) is 2. The maximum atomic E-state index is 12.8. The molecule has 0 saturated carbocycles. The largest absolute Gasteiger partial charge is 0.444 e. The molecule has 0 bridgehead atoms. The molecule has 0 saturated heterocycles. The number of benzene rings is 1. The number of nitrogens with one attached hydrogen (secondary N) is 1. The van der Waals surface area contributed by atoms with E-state index >= 15 is 0 Å². The SMILES string of the molecule is Cc1cnc(C(C)NCC(O)c2ccc(F)cc2)o1. The molecule has 5 heteroatoms. The Kier molecular flexibility index (Phi) is 4.29. The Labute approximate surface area is 111 Å². The van der Waals surface area contributed by atoms with Crippen molar-refractivity contribution in [1.29, 1.82) is 0 Å². The number of aliphatic hydroxyl groups is 1. The zero-order valence-electron chi connectivity index (χ0n) is 10.9. The molecular formula is C14H17FN2O2. The lowest BCUT2D eigenvalue weighted by atomic mass is 10.1. The van der Waals surface area contributed by atoms with E-state index in [1.165, 1.54) is 12.1 Å². The van der Waals surface area contributed by atoms with Crippen LogP contribution in [0.2, 0.25) is 0 Å². The van der Waals surface area contributed by atoms with Gasteiger partial charge in [-0.05, 0) is 31.5 Å². The van der Waals surface area contributed by atoms with Crippen LogP contribution in [-0.2, 0) is 0 Å². The van der Waals surface area contributed by atoms with Crippen LogP contribution >= 0.6 is 0 Å². The Balaban J connectivity index is 1.89. The van der Waals surface area contributed by atoms with Crippen LogP contribution in [0.25, 0.3) is 0 Å². The summed E-state index contributed by atoms with van der Waals surface area (Å²) in [7, 11) is 0. The van der Waals surface area contributed by atoms with Gasteiger partial charge in [-0.1, -0.05) is 12.1 Å². The van der Waals surface area contributed by atoms with Gasteiger partial charge in [-0.15, -0.1) is 0 Å². The second-order valence-corrected chi connectivity index (χ2v) is 4.51. The molecule has 102 valence electrons. The molecule has 0 aliphatic heterocycles. The van der Waals surface area contributed by atoms with Gasteiger partial charge in [0, 0.05) is 6.54 Å². The lowest BCUT2D eigenvalue weighted by Crippen LogP contribution is -2.24. The first-order valence-electron chi connectivity index (χ1n) is 6.15. The van der Waals surface area contributed by atoms with E-state index in [1.807, 2.05) is 13.8 Å². The van der Waals surface area contributed by atoms with E-state index in [0.717, 1.165) is 5.76 Å². The van der Waals surface area contributed by atoms with E-state index in [0.29, 0.717) is 18.0 Å². The van der Waals surface area contributed by atoms with Crippen molar-refractivity contribution in [3.63, 3.8) is 0 Å². The van der Waals surface area contributed by atoms with Gasteiger partial charge in [-0.25, -0.2) is 9.37 Å². The minimum absolute atomic E-state index is 0.0937. The fourth-order valence-corrected chi connectivity index (χ4v) is 1.75. The lowest BCUT2D eigenvalue weighted by molar-refractivity contribution is 0.168. The first kappa shape index (κ1) is 13.7. The quantitative estimate of drug-likeness (QED) is 0.871. The Hall–Kier alpha value is -1.72. The predicted molar refractivity (Wildman–Crippen MR) is 69.0 cm³/mol. The molecule has 0 aliphatic carbocycles. The number of hydrogen-bond acceptors (Lipinski definition) is 4. The minimum Gasteiger partial charge on any atom is -0.444 e.